The van der Waals surface area contributed by atoms with Gasteiger partial charge in [-0.25, -0.2) is 4.68 Å². The fourth-order valence-electron chi connectivity index (χ4n) is 4.62. The van der Waals surface area contributed by atoms with Gasteiger partial charge in [0.05, 0.1) is 16.6 Å². The Morgan fingerprint density at radius 1 is 1.22 bits per heavy atom. The van der Waals surface area contributed by atoms with Gasteiger partial charge in [0.25, 0.3) is 0 Å². The molecule has 0 bridgehead atoms. The van der Waals surface area contributed by atoms with E-state index in [1.807, 2.05) is 6.07 Å². The first kappa shape index (κ1) is 24.3. The zero-order chi connectivity index (χ0) is 25.6. The van der Waals surface area contributed by atoms with Gasteiger partial charge in [-0.1, -0.05) is 42.4 Å². The van der Waals surface area contributed by atoms with E-state index >= 15 is 0 Å². The van der Waals surface area contributed by atoms with Gasteiger partial charge in [0.2, 0.25) is 5.91 Å². The highest BCUT2D eigenvalue weighted by molar-refractivity contribution is 7.16. The molecule has 3 aromatic heterocycles. The fraction of sp³-hybridized carbons (Fsp3) is 0.192. The Labute approximate surface area is 214 Å². The van der Waals surface area contributed by atoms with Gasteiger partial charge in [0.1, 0.15) is 0 Å². The zero-order valence-corrected chi connectivity index (χ0v) is 20.7. The Kier molecular flexibility index (Phi) is 6.22. The molecule has 0 spiro atoms. The van der Waals surface area contributed by atoms with E-state index in [9.17, 15) is 18.0 Å². The lowest BCUT2D eigenvalue weighted by molar-refractivity contribution is -0.140. The lowest BCUT2D eigenvalue weighted by Crippen LogP contribution is -2.37. The standard InChI is InChI=1S/C26H20ClF3N4OS/c1-3-24(35)33-12-19(18-10-23(27)36-22(18)14-33)16-6-4-5-7-17(16)20-13-34(32-25(20)26(28,29)30)21-8-9-31-11-15(21)2/h3-11,13,19H,1,12,14H2,2H3/t19-/m0/s1. The molecule has 184 valence electrons. The van der Waals surface area contributed by atoms with Crippen LogP contribution in [0.15, 0.2) is 67.6 Å². The number of amides is 1. The Hall–Kier alpha value is -3.43. The van der Waals surface area contributed by atoms with Crippen LogP contribution in [0.1, 0.15) is 33.2 Å². The highest BCUT2D eigenvalue weighted by Gasteiger charge is 2.39. The van der Waals surface area contributed by atoms with Gasteiger partial charge in [0, 0.05) is 41.5 Å². The van der Waals surface area contributed by atoms with Crippen LogP contribution in [-0.2, 0) is 17.5 Å². The number of hydrogen-bond donors (Lipinski definition) is 0. The van der Waals surface area contributed by atoms with E-state index in [0.29, 0.717) is 39.8 Å². The van der Waals surface area contributed by atoms with Crippen molar-refractivity contribution in [1.29, 1.82) is 0 Å². The van der Waals surface area contributed by atoms with Crippen molar-refractivity contribution in [3.63, 3.8) is 0 Å². The summed E-state index contributed by atoms with van der Waals surface area (Å²) in [5.41, 5.74) is 2.15. The summed E-state index contributed by atoms with van der Waals surface area (Å²) in [6, 6.07) is 10.4. The number of fused-ring (bicyclic) bond motifs is 1. The molecule has 0 unspecified atom stereocenters. The van der Waals surface area contributed by atoms with Gasteiger partial charge < -0.3 is 4.90 Å². The molecule has 10 heteroatoms. The maximum Gasteiger partial charge on any atom is 0.435 e. The number of carbonyl (C=O) groups is 1. The average Bonchev–Trinajstić information content (AvgIpc) is 3.46. The summed E-state index contributed by atoms with van der Waals surface area (Å²) < 4.78 is 44.5. The summed E-state index contributed by atoms with van der Waals surface area (Å²) in [6.45, 7) is 6.02. The molecule has 1 aromatic carbocycles. The largest absolute Gasteiger partial charge is 0.435 e. The van der Waals surface area contributed by atoms with Crippen LogP contribution in [0.2, 0.25) is 4.34 Å². The van der Waals surface area contributed by atoms with Gasteiger partial charge in [-0.05, 0) is 47.4 Å². The molecule has 5 rings (SSSR count). The Bertz CT molecular complexity index is 1480. The number of alkyl halides is 3. The van der Waals surface area contributed by atoms with Crippen LogP contribution < -0.4 is 0 Å². The molecule has 4 aromatic rings. The monoisotopic (exact) mass is 528 g/mol. The first-order chi connectivity index (χ1) is 17.2. The lowest BCUT2D eigenvalue weighted by atomic mass is 9.84. The minimum atomic E-state index is -4.68. The van der Waals surface area contributed by atoms with Crippen molar-refractivity contribution >= 4 is 28.8 Å². The van der Waals surface area contributed by atoms with Crippen LogP contribution in [0.3, 0.4) is 0 Å². The SMILES string of the molecule is C=CC(=O)N1Cc2sc(Cl)cc2[C@H](c2ccccc2-c2cn(-c3ccncc3C)nc2C(F)(F)F)C1. The number of pyridine rings is 1. The van der Waals surface area contributed by atoms with E-state index in [2.05, 4.69) is 16.7 Å². The minimum absolute atomic E-state index is 0.0376. The predicted molar refractivity (Wildman–Crippen MR) is 133 cm³/mol. The molecule has 36 heavy (non-hydrogen) atoms. The quantitative estimate of drug-likeness (QED) is 0.279. The molecule has 0 saturated heterocycles. The third-order valence-electron chi connectivity index (χ3n) is 6.26. The molecule has 1 amide bonds. The van der Waals surface area contributed by atoms with Gasteiger partial charge in [-0.15, -0.1) is 11.3 Å². The molecule has 0 fully saturated rings. The van der Waals surface area contributed by atoms with Crippen LogP contribution in [0.4, 0.5) is 13.2 Å². The molecular formula is C26H20ClF3N4OS. The van der Waals surface area contributed by atoms with Crippen LogP contribution in [0.25, 0.3) is 16.8 Å². The number of aryl methyl sites for hydroxylation is 1. The number of hydrogen-bond acceptors (Lipinski definition) is 4. The van der Waals surface area contributed by atoms with E-state index in [-0.39, 0.29) is 17.4 Å². The Morgan fingerprint density at radius 2 is 2.00 bits per heavy atom. The fourth-order valence-corrected chi connectivity index (χ4v) is 5.98. The number of carbonyl (C=O) groups excluding carboxylic acids is 1. The molecule has 0 N–H and O–H groups in total. The summed E-state index contributed by atoms with van der Waals surface area (Å²) in [6.07, 6.45) is 1.06. The van der Waals surface area contributed by atoms with E-state index in [1.165, 1.54) is 34.5 Å². The zero-order valence-electron chi connectivity index (χ0n) is 19.1. The second-order valence-electron chi connectivity index (χ2n) is 8.49. The summed E-state index contributed by atoms with van der Waals surface area (Å²) in [4.78, 5) is 19.1. The van der Waals surface area contributed by atoms with Crippen molar-refractivity contribution in [2.75, 3.05) is 6.54 Å². The molecule has 1 aliphatic rings. The van der Waals surface area contributed by atoms with Crippen molar-refractivity contribution in [2.45, 2.75) is 25.6 Å². The van der Waals surface area contributed by atoms with E-state index in [1.54, 1.807) is 48.4 Å². The average molecular weight is 529 g/mol. The van der Waals surface area contributed by atoms with E-state index in [0.717, 1.165) is 10.4 Å². The highest BCUT2D eigenvalue weighted by Crippen LogP contribution is 2.45. The summed E-state index contributed by atoms with van der Waals surface area (Å²) in [5, 5.41) is 3.95. The number of rotatable bonds is 4. The maximum absolute atomic E-state index is 14.2. The number of benzene rings is 1. The Morgan fingerprint density at radius 3 is 2.72 bits per heavy atom. The van der Waals surface area contributed by atoms with Crippen molar-refractivity contribution in [3.05, 3.63) is 99.2 Å². The van der Waals surface area contributed by atoms with Gasteiger partial charge >= 0.3 is 6.18 Å². The third-order valence-corrected chi connectivity index (χ3v) is 7.52. The van der Waals surface area contributed by atoms with Crippen molar-refractivity contribution in [3.8, 4) is 16.8 Å². The number of thiophene rings is 1. The summed E-state index contributed by atoms with van der Waals surface area (Å²) in [5.74, 6) is -0.616. The first-order valence-corrected chi connectivity index (χ1v) is 12.2. The van der Waals surface area contributed by atoms with E-state index < -0.39 is 11.9 Å². The topological polar surface area (TPSA) is 51.0 Å². The van der Waals surface area contributed by atoms with Gasteiger partial charge in [-0.3, -0.25) is 9.78 Å². The second kappa shape index (κ2) is 9.22. The second-order valence-corrected chi connectivity index (χ2v) is 10.3. The lowest BCUT2D eigenvalue weighted by Gasteiger charge is -2.33. The van der Waals surface area contributed by atoms with Crippen LogP contribution in [0, 0.1) is 6.92 Å². The highest BCUT2D eigenvalue weighted by atomic mass is 35.5. The van der Waals surface area contributed by atoms with Crippen LogP contribution >= 0.6 is 22.9 Å². The molecule has 0 saturated carbocycles. The number of nitrogens with zero attached hydrogens (tertiary/aromatic N) is 4. The van der Waals surface area contributed by atoms with Crippen molar-refractivity contribution < 1.29 is 18.0 Å². The molecule has 0 radical (unpaired) electrons. The van der Waals surface area contributed by atoms with Gasteiger partial charge in [-0.2, -0.15) is 18.3 Å². The molecule has 0 aliphatic carbocycles. The smallest absolute Gasteiger partial charge is 0.333 e. The van der Waals surface area contributed by atoms with Crippen molar-refractivity contribution in [2.24, 2.45) is 0 Å². The predicted octanol–water partition coefficient (Wildman–Crippen LogP) is 6.64. The summed E-state index contributed by atoms with van der Waals surface area (Å²) in [7, 11) is 0. The molecule has 1 aliphatic heterocycles. The van der Waals surface area contributed by atoms with Crippen LogP contribution in [-0.4, -0.2) is 32.1 Å². The molecule has 1 atom stereocenters. The molecule has 5 nitrogen and oxygen atoms in total. The van der Waals surface area contributed by atoms with E-state index in [4.69, 9.17) is 11.6 Å². The van der Waals surface area contributed by atoms with Crippen molar-refractivity contribution in [1.82, 2.24) is 19.7 Å². The first-order valence-electron chi connectivity index (χ1n) is 11.0. The summed E-state index contributed by atoms with van der Waals surface area (Å²) >= 11 is 7.69. The van der Waals surface area contributed by atoms with Crippen LogP contribution in [0.5, 0.6) is 0 Å². The number of aromatic nitrogens is 3. The Balaban J connectivity index is 1.70. The minimum Gasteiger partial charge on any atom is -0.333 e. The normalized spacial score (nSPS) is 15.6. The number of halogens is 4. The third kappa shape index (κ3) is 4.33. The molecule has 4 heterocycles. The maximum atomic E-state index is 14.2. The van der Waals surface area contributed by atoms with Gasteiger partial charge in [0.15, 0.2) is 5.69 Å². The molecular weight excluding hydrogens is 509 g/mol.